The van der Waals surface area contributed by atoms with Crippen LogP contribution in [0.15, 0.2) is 114 Å². The molecule has 0 saturated heterocycles. The molecule has 0 bridgehead atoms. The summed E-state index contributed by atoms with van der Waals surface area (Å²) in [5.74, 6) is -2.70. The highest BCUT2D eigenvalue weighted by molar-refractivity contribution is 5.97. The van der Waals surface area contributed by atoms with Gasteiger partial charge in [-0.2, -0.15) is 0 Å². The molecule has 284 valence electrons. The van der Waals surface area contributed by atoms with E-state index in [9.17, 15) is 29.1 Å². The molecule has 4 amide bonds. The number of carbonyl (C=O) groups excluding carboxylic acids is 4. The number of aliphatic carboxylic acids is 1. The fourth-order valence-corrected chi connectivity index (χ4v) is 5.26. The van der Waals surface area contributed by atoms with Crippen molar-refractivity contribution in [3.8, 4) is 22.6 Å². The summed E-state index contributed by atoms with van der Waals surface area (Å²) in [6.45, 7) is 4.90. The van der Waals surface area contributed by atoms with Crippen LogP contribution in [-0.2, 0) is 37.1 Å². The second kappa shape index (κ2) is 18.7. The minimum atomic E-state index is -1.09. The molecule has 0 radical (unpaired) electrons. The van der Waals surface area contributed by atoms with E-state index < -0.39 is 48.0 Å². The fraction of sp³-hybridized carbons (Fsp3) is 0.220. The van der Waals surface area contributed by atoms with E-state index in [4.69, 9.17) is 13.9 Å². The Morgan fingerprint density at radius 2 is 1.09 bits per heavy atom. The van der Waals surface area contributed by atoms with Gasteiger partial charge in [-0.1, -0.05) is 79.7 Å². The van der Waals surface area contributed by atoms with Gasteiger partial charge in [0, 0.05) is 22.5 Å². The first kappa shape index (κ1) is 39.3. The molecule has 1 unspecified atom stereocenters. The molecule has 0 aliphatic rings. The van der Waals surface area contributed by atoms with Crippen LogP contribution in [0.1, 0.15) is 50.1 Å². The number of nitrogens with one attached hydrogen (secondary N) is 4. The van der Waals surface area contributed by atoms with Crippen molar-refractivity contribution in [2.75, 3.05) is 10.6 Å². The first-order valence-electron chi connectivity index (χ1n) is 17.5. The Labute approximate surface area is 317 Å². The fourth-order valence-electron chi connectivity index (χ4n) is 5.26. The Bertz CT molecular complexity index is 1950. The number of ether oxygens (including phenoxy) is 2. The average molecular weight is 748 g/mol. The number of aromatic nitrogens is 1. The van der Waals surface area contributed by atoms with Crippen LogP contribution in [0, 0.1) is 0 Å². The van der Waals surface area contributed by atoms with E-state index in [1.165, 1.54) is 13.8 Å². The maximum absolute atomic E-state index is 12.8. The summed E-state index contributed by atoms with van der Waals surface area (Å²) in [6, 6.07) is 29.8. The number of nitrogens with zero attached hydrogens (tertiary/aromatic N) is 1. The molecule has 1 aromatic heterocycles. The number of carboxylic acids is 1. The molecule has 55 heavy (non-hydrogen) atoms. The summed E-state index contributed by atoms with van der Waals surface area (Å²) < 4.78 is 16.5. The number of amides is 4. The molecule has 14 nitrogen and oxygen atoms in total. The summed E-state index contributed by atoms with van der Waals surface area (Å²) in [7, 11) is 0. The van der Waals surface area contributed by atoms with Crippen molar-refractivity contribution in [1.82, 2.24) is 15.6 Å². The van der Waals surface area contributed by atoms with Crippen LogP contribution in [0.3, 0.4) is 0 Å². The van der Waals surface area contributed by atoms with Crippen molar-refractivity contribution < 1.29 is 43.0 Å². The molecule has 0 aliphatic carbocycles. The Morgan fingerprint density at radius 3 is 1.51 bits per heavy atom. The van der Waals surface area contributed by atoms with Crippen LogP contribution in [0.2, 0.25) is 0 Å². The van der Waals surface area contributed by atoms with E-state index >= 15 is 0 Å². The predicted octanol–water partition coefficient (Wildman–Crippen LogP) is 7.09. The molecule has 5 aromatic rings. The van der Waals surface area contributed by atoms with Crippen LogP contribution >= 0.6 is 0 Å². The summed E-state index contributed by atoms with van der Waals surface area (Å²) in [5, 5.41) is 20.3. The van der Waals surface area contributed by atoms with Crippen molar-refractivity contribution in [3.63, 3.8) is 0 Å². The quantitative estimate of drug-likeness (QED) is 0.0737. The third-order valence-electron chi connectivity index (χ3n) is 8.37. The summed E-state index contributed by atoms with van der Waals surface area (Å²) in [5.41, 5.74) is 4.00. The number of benzene rings is 4. The van der Waals surface area contributed by atoms with E-state index in [1.54, 1.807) is 55.5 Å². The highest BCUT2D eigenvalue weighted by Crippen LogP contribution is 2.36. The third-order valence-corrected chi connectivity index (χ3v) is 8.37. The van der Waals surface area contributed by atoms with Crippen molar-refractivity contribution in [1.29, 1.82) is 0 Å². The van der Waals surface area contributed by atoms with E-state index in [0.29, 0.717) is 34.0 Å². The first-order valence-corrected chi connectivity index (χ1v) is 17.5. The van der Waals surface area contributed by atoms with Crippen molar-refractivity contribution in [2.45, 2.75) is 58.4 Å². The number of oxazole rings is 1. The van der Waals surface area contributed by atoms with Crippen molar-refractivity contribution >= 4 is 41.3 Å². The number of carboxylic acid groups (broad SMARTS) is 1. The van der Waals surface area contributed by atoms with Gasteiger partial charge in [0.2, 0.25) is 17.7 Å². The van der Waals surface area contributed by atoms with E-state index in [2.05, 4.69) is 26.3 Å². The van der Waals surface area contributed by atoms with Crippen LogP contribution in [0.5, 0.6) is 0 Å². The van der Waals surface area contributed by atoms with E-state index in [-0.39, 0.29) is 25.5 Å². The van der Waals surface area contributed by atoms with Gasteiger partial charge in [0.1, 0.15) is 36.9 Å². The minimum Gasteiger partial charge on any atom is -0.481 e. The van der Waals surface area contributed by atoms with E-state index in [1.807, 2.05) is 60.7 Å². The number of hydrogen-bond acceptors (Lipinski definition) is 9. The second-order valence-electron chi connectivity index (χ2n) is 12.5. The molecule has 0 spiro atoms. The molecule has 1 heterocycles. The lowest BCUT2D eigenvalue weighted by molar-refractivity contribution is -0.139. The largest absolute Gasteiger partial charge is 0.481 e. The molecular formula is C41H41N5O9. The maximum atomic E-state index is 12.8. The topological polar surface area (TPSA) is 198 Å². The van der Waals surface area contributed by atoms with Crippen LogP contribution in [0.4, 0.5) is 21.0 Å². The van der Waals surface area contributed by atoms with Gasteiger partial charge in [-0.05, 0) is 67.8 Å². The lowest BCUT2D eigenvalue weighted by Crippen LogP contribution is -2.41. The van der Waals surface area contributed by atoms with Crippen LogP contribution < -0.4 is 21.3 Å². The van der Waals surface area contributed by atoms with Crippen LogP contribution in [0.25, 0.3) is 22.6 Å². The van der Waals surface area contributed by atoms with Gasteiger partial charge in [0.25, 0.3) is 0 Å². The lowest BCUT2D eigenvalue weighted by atomic mass is 10.0. The molecule has 5 rings (SSSR count). The zero-order chi connectivity index (χ0) is 39.3. The number of anilines is 2. The van der Waals surface area contributed by atoms with Crippen molar-refractivity contribution in [2.24, 2.45) is 0 Å². The highest BCUT2D eigenvalue weighted by atomic mass is 16.6. The summed E-state index contributed by atoms with van der Waals surface area (Å²) in [4.78, 5) is 66.7. The molecule has 0 saturated carbocycles. The SMILES string of the molecule is CCC(C(=O)O)c1nc(-c2ccc(NC(=O)[C@H](C)NC(=O)OCc3ccccc3)cc2)c(-c2ccc(NC(=O)[C@H](C)NC(=O)OCc3ccccc3)cc2)o1. The number of carbonyl (C=O) groups is 5. The molecule has 0 fully saturated rings. The number of rotatable bonds is 15. The second-order valence-corrected chi connectivity index (χ2v) is 12.5. The van der Waals surface area contributed by atoms with Gasteiger partial charge in [-0.3, -0.25) is 14.4 Å². The Hall–Kier alpha value is -6.96. The van der Waals surface area contributed by atoms with Gasteiger partial charge in [-0.15, -0.1) is 0 Å². The smallest absolute Gasteiger partial charge is 0.408 e. The van der Waals surface area contributed by atoms with Crippen LogP contribution in [-0.4, -0.2) is 52.1 Å². The van der Waals surface area contributed by atoms with Gasteiger partial charge < -0.3 is 40.3 Å². The standard InChI is InChI=1S/C41H41N5O9/c1-4-33(39(49)50)38-46-34(29-15-19-31(20-16-29)44-36(47)25(2)42-40(51)53-23-27-11-7-5-8-12-27)35(55-38)30-17-21-32(22-18-30)45-37(48)26(3)43-41(52)54-24-28-13-9-6-10-14-28/h5-22,25-26,33H,4,23-24H2,1-3H3,(H,42,51)(H,43,52)(H,44,47)(H,45,48)(H,49,50)/t25-,26-,33?/m0/s1. The third kappa shape index (κ3) is 11.0. The molecule has 4 aromatic carbocycles. The number of hydrogen-bond donors (Lipinski definition) is 5. The molecule has 5 N–H and O–H groups in total. The predicted molar refractivity (Wildman–Crippen MR) is 204 cm³/mol. The molecule has 14 heteroatoms. The highest BCUT2D eigenvalue weighted by Gasteiger charge is 2.27. The normalized spacial score (nSPS) is 12.3. The Kier molecular flexibility index (Phi) is 13.3. The monoisotopic (exact) mass is 747 g/mol. The van der Waals surface area contributed by atoms with E-state index in [0.717, 1.165) is 11.1 Å². The molecular weight excluding hydrogens is 706 g/mol. The Morgan fingerprint density at radius 1 is 0.655 bits per heavy atom. The summed E-state index contributed by atoms with van der Waals surface area (Å²) in [6.07, 6.45) is -1.23. The van der Waals surface area contributed by atoms with Crippen molar-refractivity contribution in [3.05, 3.63) is 126 Å². The summed E-state index contributed by atoms with van der Waals surface area (Å²) >= 11 is 0. The lowest BCUT2D eigenvalue weighted by Gasteiger charge is -2.15. The zero-order valence-electron chi connectivity index (χ0n) is 30.4. The number of alkyl carbamates (subject to hydrolysis) is 2. The van der Waals surface area contributed by atoms with Gasteiger partial charge in [0.15, 0.2) is 5.76 Å². The first-order chi connectivity index (χ1) is 26.5. The van der Waals surface area contributed by atoms with Gasteiger partial charge >= 0.3 is 18.2 Å². The maximum Gasteiger partial charge on any atom is 0.408 e. The Balaban J connectivity index is 1.23. The molecule has 3 atom stereocenters. The van der Waals surface area contributed by atoms with Gasteiger partial charge in [-0.25, -0.2) is 14.6 Å². The zero-order valence-corrected chi connectivity index (χ0v) is 30.4. The molecule has 0 aliphatic heterocycles. The average Bonchev–Trinajstić information content (AvgIpc) is 3.62. The minimum absolute atomic E-state index is 0.0212. The van der Waals surface area contributed by atoms with Gasteiger partial charge in [0.05, 0.1) is 0 Å².